The van der Waals surface area contributed by atoms with Gasteiger partial charge in [-0.15, -0.1) is 0 Å². The Balaban J connectivity index is 1.70. The average Bonchev–Trinajstić information content (AvgIpc) is 2.74. The van der Waals surface area contributed by atoms with Gasteiger partial charge in [0.15, 0.2) is 6.61 Å². The topological polar surface area (TPSA) is 76.7 Å². The van der Waals surface area contributed by atoms with Crippen LogP contribution in [-0.2, 0) is 11.2 Å². The smallest absolute Gasteiger partial charge is 0.276 e. The molecule has 0 aliphatic carbocycles. The van der Waals surface area contributed by atoms with Crippen LogP contribution in [0, 0.1) is 0 Å². The van der Waals surface area contributed by atoms with Gasteiger partial charge in [0.2, 0.25) is 0 Å². The number of rotatable bonds is 10. The Morgan fingerprint density at radius 1 is 0.821 bits per heavy atom. The molecular weight excluding hydrogens is 356 g/mol. The molecule has 0 heterocycles. The van der Waals surface area contributed by atoms with Crippen molar-refractivity contribution < 1.29 is 19.1 Å². The van der Waals surface area contributed by atoms with E-state index in [1.807, 2.05) is 24.3 Å². The second-order valence-electron chi connectivity index (χ2n) is 6.37. The third-order valence-corrected chi connectivity index (χ3v) is 4.15. The fourth-order valence-corrected chi connectivity index (χ4v) is 2.45. The van der Waals surface area contributed by atoms with Crippen LogP contribution in [0.15, 0.2) is 48.5 Å². The Labute approximate surface area is 166 Å². The molecule has 0 bridgehead atoms. The van der Waals surface area contributed by atoms with Gasteiger partial charge in [-0.3, -0.25) is 20.4 Å². The van der Waals surface area contributed by atoms with E-state index < -0.39 is 11.8 Å². The van der Waals surface area contributed by atoms with Crippen molar-refractivity contribution in [2.24, 2.45) is 0 Å². The molecule has 0 aliphatic heterocycles. The third-order valence-electron chi connectivity index (χ3n) is 4.15. The second-order valence-corrected chi connectivity index (χ2v) is 6.37. The van der Waals surface area contributed by atoms with Gasteiger partial charge in [-0.2, -0.15) is 0 Å². The SMILES string of the molecule is CCCCCOc1ccc(C(=O)NNC(=O)COc2ccc(CC)cc2)cc1. The minimum absolute atomic E-state index is 0.184. The van der Waals surface area contributed by atoms with Gasteiger partial charge in [0, 0.05) is 5.56 Å². The van der Waals surface area contributed by atoms with Crippen LogP contribution < -0.4 is 20.3 Å². The van der Waals surface area contributed by atoms with E-state index in [0.717, 1.165) is 31.4 Å². The van der Waals surface area contributed by atoms with Crippen molar-refractivity contribution in [1.29, 1.82) is 0 Å². The van der Waals surface area contributed by atoms with Gasteiger partial charge in [-0.25, -0.2) is 0 Å². The molecule has 0 fully saturated rings. The highest BCUT2D eigenvalue weighted by Gasteiger charge is 2.08. The predicted octanol–water partition coefficient (Wildman–Crippen LogP) is 3.66. The van der Waals surface area contributed by atoms with Crippen LogP contribution in [0.1, 0.15) is 49.0 Å². The van der Waals surface area contributed by atoms with E-state index in [9.17, 15) is 9.59 Å². The molecule has 0 aliphatic rings. The molecule has 6 nitrogen and oxygen atoms in total. The lowest BCUT2D eigenvalue weighted by molar-refractivity contribution is -0.123. The minimum atomic E-state index is -0.441. The summed E-state index contributed by atoms with van der Waals surface area (Å²) in [6.45, 7) is 4.69. The van der Waals surface area contributed by atoms with Crippen molar-refractivity contribution in [2.45, 2.75) is 39.5 Å². The van der Waals surface area contributed by atoms with Gasteiger partial charge < -0.3 is 9.47 Å². The Bertz CT molecular complexity index is 742. The summed E-state index contributed by atoms with van der Waals surface area (Å²) in [6.07, 6.45) is 4.23. The Kier molecular flexibility index (Phi) is 8.85. The fraction of sp³-hybridized carbons (Fsp3) is 0.364. The van der Waals surface area contributed by atoms with E-state index in [1.54, 1.807) is 24.3 Å². The number of amides is 2. The molecule has 2 aromatic carbocycles. The van der Waals surface area contributed by atoms with Crippen LogP contribution in [0.4, 0.5) is 0 Å². The van der Waals surface area contributed by atoms with E-state index >= 15 is 0 Å². The maximum atomic E-state index is 12.1. The van der Waals surface area contributed by atoms with Crippen molar-refractivity contribution in [3.63, 3.8) is 0 Å². The van der Waals surface area contributed by atoms with Gasteiger partial charge in [0.1, 0.15) is 11.5 Å². The van der Waals surface area contributed by atoms with Crippen molar-refractivity contribution in [3.05, 3.63) is 59.7 Å². The number of ether oxygens (including phenoxy) is 2. The molecule has 150 valence electrons. The lowest BCUT2D eigenvalue weighted by atomic mass is 10.2. The van der Waals surface area contributed by atoms with Gasteiger partial charge >= 0.3 is 0 Å². The molecule has 28 heavy (non-hydrogen) atoms. The number of hydrogen-bond donors (Lipinski definition) is 2. The van der Waals surface area contributed by atoms with E-state index in [4.69, 9.17) is 9.47 Å². The van der Waals surface area contributed by atoms with Gasteiger partial charge in [-0.1, -0.05) is 38.8 Å². The number of carbonyl (C=O) groups excluding carboxylic acids is 2. The monoisotopic (exact) mass is 384 g/mol. The van der Waals surface area contributed by atoms with Crippen LogP contribution >= 0.6 is 0 Å². The maximum absolute atomic E-state index is 12.1. The molecule has 0 spiro atoms. The molecular formula is C22H28N2O4. The molecule has 0 atom stereocenters. The van der Waals surface area contributed by atoms with Crippen LogP contribution in [-0.4, -0.2) is 25.0 Å². The maximum Gasteiger partial charge on any atom is 0.276 e. The van der Waals surface area contributed by atoms with E-state index in [0.29, 0.717) is 17.9 Å². The molecule has 6 heteroatoms. The summed E-state index contributed by atoms with van der Waals surface area (Å²) in [5, 5.41) is 0. The molecule has 2 N–H and O–H groups in total. The van der Waals surface area contributed by atoms with E-state index in [1.165, 1.54) is 5.56 Å². The molecule has 2 aromatic rings. The number of aryl methyl sites for hydroxylation is 1. The summed E-state index contributed by atoms with van der Waals surface area (Å²) in [5.74, 6) is 0.481. The summed E-state index contributed by atoms with van der Waals surface area (Å²) in [4.78, 5) is 23.9. The molecule has 0 unspecified atom stereocenters. The Morgan fingerprint density at radius 2 is 1.46 bits per heavy atom. The number of unbranched alkanes of at least 4 members (excludes halogenated alkanes) is 2. The third kappa shape index (κ3) is 7.31. The van der Waals surface area contributed by atoms with Crippen LogP contribution in [0.5, 0.6) is 11.5 Å². The highest BCUT2D eigenvalue weighted by molar-refractivity contribution is 5.95. The predicted molar refractivity (Wildman–Crippen MR) is 108 cm³/mol. The van der Waals surface area contributed by atoms with E-state index in [-0.39, 0.29) is 6.61 Å². The van der Waals surface area contributed by atoms with Crippen molar-refractivity contribution in [2.75, 3.05) is 13.2 Å². The van der Waals surface area contributed by atoms with Crippen LogP contribution in [0.3, 0.4) is 0 Å². The summed E-state index contributed by atoms with van der Waals surface area (Å²) in [5.41, 5.74) is 6.34. The zero-order valence-electron chi connectivity index (χ0n) is 16.5. The highest BCUT2D eigenvalue weighted by atomic mass is 16.5. The first-order chi connectivity index (χ1) is 13.6. The zero-order chi connectivity index (χ0) is 20.2. The number of hydrazine groups is 1. The molecule has 0 radical (unpaired) electrons. The summed E-state index contributed by atoms with van der Waals surface area (Å²) >= 11 is 0. The van der Waals surface area contributed by atoms with Crippen molar-refractivity contribution >= 4 is 11.8 Å². The minimum Gasteiger partial charge on any atom is -0.494 e. The Morgan fingerprint density at radius 3 is 2.11 bits per heavy atom. The first-order valence-corrected chi connectivity index (χ1v) is 9.66. The number of hydrogen-bond acceptors (Lipinski definition) is 4. The Hall–Kier alpha value is -3.02. The van der Waals surface area contributed by atoms with Gasteiger partial charge in [0.05, 0.1) is 6.61 Å². The second kappa shape index (κ2) is 11.6. The van der Waals surface area contributed by atoms with Crippen LogP contribution in [0.25, 0.3) is 0 Å². The highest BCUT2D eigenvalue weighted by Crippen LogP contribution is 2.13. The first-order valence-electron chi connectivity index (χ1n) is 9.66. The van der Waals surface area contributed by atoms with E-state index in [2.05, 4.69) is 24.7 Å². The van der Waals surface area contributed by atoms with Gasteiger partial charge in [-0.05, 0) is 54.8 Å². The van der Waals surface area contributed by atoms with Crippen molar-refractivity contribution in [1.82, 2.24) is 10.9 Å². The molecule has 0 aromatic heterocycles. The number of benzene rings is 2. The fourth-order valence-electron chi connectivity index (χ4n) is 2.45. The zero-order valence-corrected chi connectivity index (χ0v) is 16.5. The standard InChI is InChI=1S/C22H28N2O4/c1-3-5-6-15-27-19-13-9-18(10-14-19)22(26)24-23-21(25)16-28-20-11-7-17(4-2)8-12-20/h7-14H,3-6,15-16H2,1-2H3,(H,23,25)(H,24,26). The quantitative estimate of drug-likeness (QED) is 0.484. The molecule has 2 amide bonds. The first kappa shape index (κ1) is 21.3. The normalized spacial score (nSPS) is 10.2. The van der Waals surface area contributed by atoms with Crippen molar-refractivity contribution in [3.8, 4) is 11.5 Å². The number of carbonyl (C=O) groups is 2. The van der Waals surface area contributed by atoms with Crippen LogP contribution in [0.2, 0.25) is 0 Å². The molecule has 0 saturated heterocycles. The largest absolute Gasteiger partial charge is 0.494 e. The average molecular weight is 384 g/mol. The lowest BCUT2D eigenvalue weighted by Crippen LogP contribution is -2.43. The summed E-state index contributed by atoms with van der Waals surface area (Å²) in [6, 6.07) is 14.3. The van der Waals surface area contributed by atoms with Gasteiger partial charge in [0.25, 0.3) is 11.8 Å². The summed E-state index contributed by atoms with van der Waals surface area (Å²) in [7, 11) is 0. The molecule has 2 rings (SSSR count). The summed E-state index contributed by atoms with van der Waals surface area (Å²) < 4.78 is 11.0. The molecule has 0 saturated carbocycles. The lowest BCUT2D eigenvalue weighted by Gasteiger charge is -2.10. The number of nitrogens with one attached hydrogen (secondary N) is 2.